The van der Waals surface area contributed by atoms with E-state index in [-0.39, 0.29) is 0 Å². The van der Waals surface area contributed by atoms with E-state index in [1.54, 1.807) is 0 Å². The number of fused-ring (bicyclic) bond motifs is 2. The van der Waals surface area contributed by atoms with Gasteiger partial charge in [0.1, 0.15) is 0 Å². The van der Waals surface area contributed by atoms with Crippen molar-refractivity contribution in [2.45, 2.75) is 31.3 Å². The predicted molar refractivity (Wildman–Crippen MR) is 47.9 cm³/mol. The van der Waals surface area contributed by atoms with E-state index in [2.05, 4.69) is 5.32 Å². The van der Waals surface area contributed by atoms with Crippen molar-refractivity contribution in [1.29, 1.82) is 0 Å². The fourth-order valence-electron chi connectivity index (χ4n) is 2.43. The van der Waals surface area contributed by atoms with Gasteiger partial charge < -0.3 is 15.8 Å². The minimum absolute atomic E-state index is 0.606. The monoisotopic (exact) mass is 170 g/mol. The number of piperidine rings is 1. The van der Waals surface area contributed by atoms with E-state index >= 15 is 0 Å². The van der Waals surface area contributed by atoms with Crippen LogP contribution in [-0.4, -0.2) is 31.8 Å². The minimum atomic E-state index is 0.606. The van der Waals surface area contributed by atoms with Crippen molar-refractivity contribution in [2.75, 3.05) is 19.8 Å². The molecule has 2 saturated heterocycles. The van der Waals surface area contributed by atoms with Crippen LogP contribution in [-0.2, 0) is 4.74 Å². The Morgan fingerprint density at radius 1 is 1.25 bits per heavy atom. The van der Waals surface area contributed by atoms with Crippen LogP contribution < -0.4 is 11.1 Å². The van der Waals surface area contributed by atoms with Crippen molar-refractivity contribution in [2.24, 2.45) is 11.7 Å². The number of nitrogens with one attached hydrogen (secondary N) is 1. The van der Waals surface area contributed by atoms with Gasteiger partial charge in [-0.15, -0.1) is 0 Å². The smallest absolute Gasteiger partial charge is 0.0620 e. The highest BCUT2D eigenvalue weighted by atomic mass is 16.5. The molecule has 0 radical (unpaired) electrons. The summed E-state index contributed by atoms with van der Waals surface area (Å²) in [7, 11) is 0. The van der Waals surface area contributed by atoms with Crippen LogP contribution in [0.5, 0.6) is 0 Å². The zero-order chi connectivity index (χ0) is 8.39. The largest absolute Gasteiger partial charge is 0.378 e. The molecule has 0 saturated carbocycles. The van der Waals surface area contributed by atoms with Gasteiger partial charge in [-0.05, 0) is 31.7 Å². The standard InChI is InChI=1S/C9H18N2O/c10-2-1-7-3-8-5-12-6-9(4-7)11-8/h7-9,11H,1-6,10H2. The number of rotatable bonds is 2. The molecular formula is C9H18N2O. The lowest BCUT2D eigenvalue weighted by molar-refractivity contribution is 0.00724. The van der Waals surface area contributed by atoms with Gasteiger partial charge in [0.05, 0.1) is 13.2 Å². The number of nitrogens with two attached hydrogens (primary N) is 1. The lowest BCUT2D eigenvalue weighted by Crippen LogP contribution is -2.54. The third-order valence-corrected chi connectivity index (χ3v) is 2.92. The fourth-order valence-corrected chi connectivity index (χ4v) is 2.43. The van der Waals surface area contributed by atoms with Gasteiger partial charge in [-0.25, -0.2) is 0 Å². The van der Waals surface area contributed by atoms with E-state index in [0.717, 1.165) is 25.7 Å². The SMILES string of the molecule is NCCC1CC2COCC(C1)N2. The maximum absolute atomic E-state index is 5.56. The Morgan fingerprint density at radius 2 is 1.92 bits per heavy atom. The topological polar surface area (TPSA) is 47.3 Å². The van der Waals surface area contributed by atoms with Gasteiger partial charge >= 0.3 is 0 Å². The Bertz CT molecular complexity index is 139. The first-order valence-electron chi connectivity index (χ1n) is 4.92. The van der Waals surface area contributed by atoms with E-state index in [4.69, 9.17) is 10.5 Å². The molecule has 0 spiro atoms. The highest BCUT2D eigenvalue weighted by Gasteiger charge is 2.30. The second-order valence-electron chi connectivity index (χ2n) is 4.01. The third-order valence-electron chi connectivity index (χ3n) is 2.92. The lowest BCUT2D eigenvalue weighted by atomic mass is 9.85. The van der Waals surface area contributed by atoms with Gasteiger partial charge in [-0.1, -0.05) is 0 Å². The second-order valence-corrected chi connectivity index (χ2v) is 4.01. The maximum atomic E-state index is 5.56. The summed E-state index contributed by atoms with van der Waals surface area (Å²) in [5, 5.41) is 3.58. The molecule has 0 aromatic heterocycles. The number of morpholine rings is 1. The lowest BCUT2D eigenvalue weighted by Gasteiger charge is -2.40. The molecule has 3 N–H and O–H groups in total. The first kappa shape index (κ1) is 8.48. The zero-order valence-corrected chi connectivity index (χ0v) is 7.46. The average Bonchev–Trinajstić information content (AvgIpc) is 2.04. The van der Waals surface area contributed by atoms with Crippen molar-refractivity contribution in [3.05, 3.63) is 0 Å². The van der Waals surface area contributed by atoms with Gasteiger partial charge in [0.15, 0.2) is 0 Å². The number of hydrogen-bond donors (Lipinski definition) is 2. The van der Waals surface area contributed by atoms with Crippen LogP contribution >= 0.6 is 0 Å². The third kappa shape index (κ3) is 1.79. The molecule has 12 heavy (non-hydrogen) atoms. The molecule has 2 atom stereocenters. The molecule has 2 fully saturated rings. The normalized spacial score (nSPS) is 41.2. The summed E-state index contributed by atoms with van der Waals surface area (Å²) in [6.45, 7) is 2.64. The van der Waals surface area contributed by atoms with E-state index in [1.165, 1.54) is 19.3 Å². The molecule has 0 aliphatic carbocycles. The summed E-state index contributed by atoms with van der Waals surface area (Å²) in [5.74, 6) is 0.843. The van der Waals surface area contributed by atoms with Gasteiger partial charge in [0.25, 0.3) is 0 Å². The average molecular weight is 170 g/mol. The molecular weight excluding hydrogens is 152 g/mol. The Morgan fingerprint density at radius 3 is 2.50 bits per heavy atom. The summed E-state index contributed by atoms with van der Waals surface area (Å²) in [5.41, 5.74) is 5.56. The van der Waals surface area contributed by atoms with Crippen molar-refractivity contribution < 1.29 is 4.74 Å². The summed E-state index contributed by atoms with van der Waals surface area (Å²) >= 11 is 0. The molecule has 2 bridgehead atoms. The molecule has 0 aromatic rings. The van der Waals surface area contributed by atoms with Crippen LogP contribution in [0.15, 0.2) is 0 Å². The van der Waals surface area contributed by atoms with Gasteiger partial charge in [-0.2, -0.15) is 0 Å². The highest BCUT2D eigenvalue weighted by molar-refractivity contribution is 4.88. The van der Waals surface area contributed by atoms with E-state index in [1.807, 2.05) is 0 Å². The van der Waals surface area contributed by atoms with E-state index < -0.39 is 0 Å². The minimum Gasteiger partial charge on any atom is -0.378 e. The number of hydrogen-bond acceptors (Lipinski definition) is 3. The van der Waals surface area contributed by atoms with Crippen molar-refractivity contribution in [1.82, 2.24) is 5.32 Å². The zero-order valence-electron chi connectivity index (χ0n) is 7.46. The molecule has 70 valence electrons. The molecule has 2 heterocycles. The molecule has 0 aromatic carbocycles. The van der Waals surface area contributed by atoms with Crippen LogP contribution in [0.25, 0.3) is 0 Å². The molecule has 3 heteroatoms. The van der Waals surface area contributed by atoms with Crippen LogP contribution in [0.1, 0.15) is 19.3 Å². The highest BCUT2D eigenvalue weighted by Crippen LogP contribution is 2.25. The summed E-state index contributed by atoms with van der Waals surface area (Å²) < 4.78 is 5.47. The van der Waals surface area contributed by atoms with Crippen LogP contribution in [0, 0.1) is 5.92 Å². The molecule has 2 rings (SSSR count). The summed E-state index contributed by atoms with van der Waals surface area (Å²) in [4.78, 5) is 0. The molecule has 2 aliphatic rings. The molecule has 2 unspecified atom stereocenters. The van der Waals surface area contributed by atoms with Crippen LogP contribution in [0.4, 0.5) is 0 Å². The Balaban J connectivity index is 1.87. The Labute approximate surface area is 73.7 Å². The second kappa shape index (κ2) is 3.73. The number of ether oxygens (including phenoxy) is 1. The van der Waals surface area contributed by atoms with Crippen LogP contribution in [0.2, 0.25) is 0 Å². The summed E-state index contributed by atoms with van der Waals surface area (Å²) in [6.07, 6.45) is 3.70. The van der Waals surface area contributed by atoms with Crippen molar-refractivity contribution in [3.8, 4) is 0 Å². The summed E-state index contributed by atoms with van der Waals surface area (Å²) in [6, 6.07) is 1.21. The van der Waals surface area contributed by atoms with Crippen LogP contribution in [0.3, 0.4) is 0 Å². The molecule has 0 amide bonds. The van der Waals surface area contributed by atoms with E-state index in [9.17, 15) is 0 Å². The first-order chi connectivity index (χ1) is 5.88. The maximum Gasteiger partial charge on any atom is 0.0620 e. The Kier molecular flexibility index (Phi) is 2.63. The van der Waals surface area contributed by atoms with Gasteiger partial charge in [0, 0.05) is 12.1 Å². The van der Waals surface area contributed by atoms with Gasteiger partial charge in [0.2, 0.25) is 0 Å². The first-order valence-corrected chi connectivity index (χ1v) is 4.92. The molecule has 3 nitrogen and oxygen atoms in total. The fraction of sp³-hybridized carbons (Fsp3) is 1.00. The molecule has 2 aliphatic heterocycles. The Hall–Kier alpha value is -0.120. The van der Waals surface area contributed by atoms with Gasteiger partial charge in [-0.3, -0.25) is 0 Å². The van der Waals surface area contributed by atoms with E-state index in [0.29, 0.717) is 12.1 Å². The van der Waals surface area contributed by atoms with Crippen molar-refractivity contribution >= 4 is 0 Å². The predicted octanol–water partition coefficient (Wildman–Crippen LogP) is 0.102. The van der Waals surface area contributed by atoms with Crippen molar-refractivity contribution in [3.63, 3.8) is 0 Å². The quantitative estimate of drug-likeness (QED) is 0.618.